The van der Waals surface area contributed by atoms with E-state index in [0.29, 0.717) is 5.56 Å². The molecule has 5 heteroatoms. The van der Waals surface area contributed by atoms with Crippen LogP contribution in [0, 0.1) is 5.82 Å². The Morgan fingerprint density at radius 3 is 2.89 bits per heavy atom. The van der Waals surface area contributed by atoms with Crippen LogP contribution in [-0.4, -0.2) is 11.1 Å². The van der Waals surface area contributed by atoms with E-state index in [2.05, 4.69) is 0 Å². The van der Waals surface area contributed by atoms with Gasteiger partial charge in [0.05, 0.1) is 0 Å². The molecule has 0 saturated heterocycles. The van der Waals surface area contributed by atoms with Crippen LogP contribution < -0.4 is 4.74 Å². The van der Waals surface area contributed by atoms with Gasteiger partial charge >= 0.3 is 5.97 Å². The van der Waals surface area contributed by atoms with E-state index < -0.39 is 11.8 Å². The van der Waals surface area contributed by atoms with Crippen LogP contribution in [0.5, 0.6) is 5.75 Å². The van der Waals surface area contributed by atoms with Gasteiger partial charge in [-0.2, -0.15) is 0 Å². The lowest BCUT2D eigenvalue weighted by Gasteiger charge is -2.09. The molecule has 2 rings (SSSR count). The summed E-state index contributed by atoms with van der Waals surface area (Å²) in [6.45, 7) is 0.256. The second-order valence-electron chi connectivity index (χ2n) is 3.70. The van der Waals surface area contributed by atoms with Crippen molar-refractivity contribution in [3.8, 4) is 5.75 Å². The molecule has 0 saturated carbocycles. The van der Waals surface area contributed by atoms with Crippen LogP contribution in [0.1, 0.15) is 10.4 Å². The molecule has 0 aliphatic carbocycles. The van der Waals surface area contributed by atoms with Crippen molar-refractivity contribution in [1.29, 1.82) is 0 Å². The third kappa shape index (κ3) is 3.66. The van der Waals surface area contributed by atoms with E-state index in [4.69, 9.17) is 9.84 Å². The maximum absolute atomic E-state index is 13.7. The van der Waals surface area contributed by atoms with Gasteiger partial charge in [0, 0.05) is 16.5 Å². The second-order valence-corrected chi connectivity index (χ2v) is 4.73. The topological polar surface area (TPSA) is 46.5 Å². The smallest absolute Gasteiger partial charge is 0.328 e. The van der Waals surface area contributed by atoms with Crippen LogP contribution in [0.2, 0.25) is 0 Å². The molecule has 0 atom stereocenters. The number of carboxylic acid groups (broad SMARTS) is 1. The highest BCUT2D eigenvalue weighted by Crippen LogP contribution is 2.25. The van der Waals surface area contributed by atoms with E-state index in [1.807, 2.05) is 17.5 Å². The molecular weight excluding hydrogens is 267 g/mol. The molecule has 98 valence electrons. The zero-order valence-corrected chi connectivity index (χ0v) is 10.7. The highest BCUT2D eigenvalue weighted by atomic mass is 32.1. The molecule has 0 aliphatic rings. The first-order valence-corrected chi connectivity index (χ1v) is 6.39. The van der Waals surface area contributed by atoms with E-state index in [0.717, 1.165) is 11.0 Å². The Labute approximate surface area is 113 Å². The van der Waals surface area contributed by atoms with Crippen molar-refractivity contribution in [3.05, 3.63) is 58.0 Å². The number of para-hydroxylation sites is 1. The Kier molecular flexibility index (Phi) is 4.30. The number of ether oxygens (including phenoxy) is 1. The average Bonchev–Trinajstić information content (AvgIpc) is 2.88. The molecule has 0 unspecified atom stereocenters. The van der Waals surface area contributed by atoms with E-state index in [9.17, 15) is 9.18 Å². The van der Waals surface area contributed by atoms with Gasteiger partial charge in [0.15, 0.2) is 11.6 Å². The van der Waals surface area contributed by atoms with Crippen molar-refractivity contribution >= 4 is 23.4 Å². The molecule has 1 aromatic carbocycles. The maximum Gasteiger partial charge on any atom is 0.328 e. The molecule has 0 amide bonds. The second kappa shape index (κ2) is 6.15. The number of thiophene rings is 1. The molecule has 2 aromatic rings. The lowest BCUT2D eigenvalue weighted by Crippen LogP contribution is -1.98. The number of hydrogen-bond acceptors (Lipinski definition) is 3. The lowest BCUT2D eigenvalue weighted by molar-refractivity contribution is -0.131. The van der Waals surface area contributed by atoms with Gasteiger partial charge in [0.1, 0.15) is 6.61 Å². The summed E-state index contributed by atoms with van der Waals surface area (Å²) in [4.78, 5) is 11.5. The normalized spacial score (nSPS) is 10.8. The highest BCUT2D eigenvalue weighted by Gasteiger charge is 2.08. The predicted octanol–water partition coefficient (Wildman–Crippen LogP) is 3.56. The van der Waals surface area contributed by atoms with Gasteiger partial charge in [-0.15, -0.1) is 11.3 Å². The van der Waals surface area contributed by atoms with Gasteiger partial charge in [-0.05, 0) is 23.6 Å². The standard InChI is InChI=1S/C14H11FO3S/c15-12-5-1-3-10(6-7-13(16)17)14(12)18-9-11-4-2-8-19-11/h1-8H,9H2,(H,16,17)/b7-6+. The minimum Gasteiger partial charge on any atom is -0.484 e. The molecule has 0 radical (unpaired) electrons. The zero-order chi connectivity index (χ0) is 13.7. The number of benzene rings is 1. The Hall–Kier alpha value is -2.14. The third-order valence-corrected chi connectivity index (χ3v) is 3.19. The first-order valence-electron chi connectivity index (χ1n) is 5.51. The van der Waals surface area contributed by atoms with Crippen LogP contribution in [-0.2, 0) is 11.4 Å². The van der Waals surface area contributed by atoms with E-state index >= 15 is 0 Å². The lowest BCUT2D eigenvalue weighted by atomic mass is 10.2. The molecule has 3 nitrogen and oxygen atoms in total. The molecular formula is C14H11FO3S. The van der Waals surface area contributed by atoms with Crippen molar-refractivity contribution in [2.24, 2.45) is 0 Å². The van der Waals surface area contributed by atoms with Crippen LogP contribution in [0.4, 0.5) is 4.39 Å². The summed E-state index contributed by atoms with van der Waals surface area (Å²) in [6.07, 6.45) is 2.27. The number of carbonyl (C=O) groups is 1. The van der Waals surface area contributed by atoms with Gasteiger partial charge in [0.2, 0.25) is 0 Å². The Morgan fingerprint density at radius 1 is 1.37 bits per heavy atom. The van der Waals surface area contributed by atoms with Crippen molar-refractivity contribution < 1.29 is 19.0 Å². The van der Waals surface area contributed by atoms with Gasteiger partial charge in [-0.25, -0.2) is 9.18 Å². The molecule has 1 aromatic heterocycles. The molecule has 1 heterocycles. The SMILES string of the molecule is O=C(O)/C=C/c1cccc(F)c1OCc1cccs1. The predicted molar refractivity (Wildman–Crippen MR) is 71.7 cm³/mol. The van der Waals surface area contributed by atoms with Crippen LogP contribution in [0.15, 0.2) is 41.8 Å². The summed E-state index contributed by atoms with van der Waals surface area (Å²) >= 11 is 1.51. The Morgan fingerprint density at radius 2 is 2.21 bits per heavy atom. The fourth-order valence-corrected chi connectivity index (χ4v) is 2.12. The van der Waals surface area contributed by atoms with Crippen molar-refractivity contribution in [1.82, 2.24) is 0 Å². The fraction of sp³-hybridized carbons (Fsp3) is 0.0714. The monoisotopic (exact) mass is 278 g/mol. The maximum atomic E-state index is 13.7. The van der Waals surface area contributed by atoms with Crippen LogP contribution >= 0.6 is 11.3 Å². The van der Waals surface area contributed by atoms with Gasteiger partial charge < -0.3 is 9.84 Å². The number of halogens is 1. The highest BCUT2D eigenvalue weighted by molar-refractivity contribution is 7.09. The zero-order valence-electron chi connectivity index (χ0n) is 9.88. The first-order chi connectivity index (χ1) is 9.16. The molecule has 1 N–H and O–H groups in total. The minimum atomic E-state index is -1.09. The average molecular weight is 278 g/mol. The van der Waals surface area contributed by atoms with Crippen molar-refractivity contribution in [2.75, 3.05) is 0 Å². The molecule has 0 bridgehead atoms. The molecule has 0 spiro atoms. The summed E-state index contributed by atoms with van der Waals surface area (Å²) in [7, 11) is 0. The van der Waals surface area contributed by atoms with Crippen molar-refractivity contribution in [3.63, 3.8) is 0 Å². The Balaban J connectivity index is 2.20. The number of rotatable bonds is 5. The van der Waals surface area contributed by atoms with Gasteiger partial charge in [0.25, 0.3) is 0 Å². The third-order valence-electron chi connectivity index (χ3n) is 2.34. The minimum absolute atomic E-state index is 0.0633. The first kappa shape index (κ1) is 13.3. The number of carboxylic acids is 1. The molecule has 0 aliphatic heterocycles. The molecule has 0 fully saturated rings. The quantitative estimate of drug-likeness (QED) is 0.850. The number of aliphatic carboxylic acids is 1. The summed E-state index contributed by atoms with van der Waals surface area (Å²) in [5.74, 6) is -1.54. The summed E-state index contributed by atoms with van der Waals surface area (Å²) < 4.78 is 19.1. The van der Waals surface area contributed by atoms with Gasteiger partial charge in [-0.3, -0.25) is 0 Å². The van der Waals surface area contributed by atoms with E-state index in [1.165, 1.54) is 29.5 Å². The summed E-state index contributed by atoms with van der Waals surface area (Å²) in [6, 6.07) is 8.16. The fourth-order valence-electron chi connectivity index (χ4n) is 1.51. The number of hydrogen-bond donors (Lipinski definition) is 1. The Bertz CT molecular complexity index is 591. The van der Waals surface area contributed by atoms with Crippen LogP contribution in [0.25, 0.3) is 6.08 Å². The van der Waals surface area contributed by atoms with Gasteiger partial charge in [-0.1, -0.05) is 18.2 Å². The van der Waals surface area contributed by atoms with E-state index in [1.54, 1.807) is 6.07 Å². The summed E-state index contributed by atoms with van der Waals surface area (Å²) in [5, 5.41) is 10.5. The van der Waals surface area contributed by atoms with Crippen molar-refractivity contribution in [2.45, 2.75) is 6.61 Å². The van der Waals surface area contributed by atoms with Crippen LogP contribution in [0.3, 0.4) is 0 Å². The molecule has 19 heavy (non-hydrogen) atoms. The largest absolute Gasteiger partial charge is 0.484 e. The van der Waals surface area contributed by atoms with E-state index in [-0.39, 0.29) is 12.4 Å². The summed E-state index contributed by atoms with van der Waals surface area (Å²) in [5.41, 5.74) is 0.402.